The van der Waals surface area contributed by atoms with Crippen LogP contribution >= 0.6 is 0 Å². The third-order valence-corrected chi connectivity index (χ3v) is 3.72. The van der Waals surface area contributed by atoms with Crippen LogP contribution in [0, 0.1) is 0 Å². The Labute approximate surface area is 89.8 Å². The second kappa shape index (κ2) is 7.05. The first-order chi connectivity index (χ1) is 5.86. The Balaban J connectivity index is 0.00000144. The van der Waals surface area contributed by atoms with E-state index in [9.17, 15) is 0 Å². The molecule has 0 bridgehead atoms. The van der Waals surface area contributed by atoms with E-state index < -0.39 is 0 Å². The van der Waals surface area contributed by atoms with Crippen molar-refractivity contribution >= 4 is 10.9 Å². The molecule has 0 radical (unpaired) electrons. The van der Waals surface area contributed by atoms with Crippen LogP contribution in [0.3, 0.4) is 0 Å². The summed E-state index contributed by atoms with van der Waals surface area (Å²) < 4.78 is 0. The largest absolute Gasteiger partial charge is 1.00 e. The van der Waals surface area contributed by atoms with E-state index in [0.717, 1.165) is 5.75 Å². The van der Waals surface area contributed by atoms with Crippen LogP contribution in [0.1, 0.15) is 12.5 Å². The highest BCUT2D eigenvalue weighted by Crippen LogP contribution is 2.08. The Morgan fingerprint density at radius 1 is 1.31 bits per heavy atom. The number of benzene rings is 1. The van der Waals surface area contributed by atoms with Gasteiger partial charge < -0.3 is 12.4 Å². The molecule has 0 aliphatic rings. The lowest BCUT2D eigenvalue weighted by atomic mass is 10.2. The Morgan fingerprint density at radius 3 is 2.38 bits per heavy atom. The van der Waals surface area contributed by atoms with Crippen LogP contribution < -0.4 is 12.4 Å². The number of hydrogen-bond acceptors (Lipinski definition) is 0. The van der Waals surface area contributed by atoms with Crippen LogP contribution in [0.15, 0.2) is 42.3 Å². The van der Waals surface area contributed by atoms with Crippen molar-refractivity contribution < 1.29 is 12.4 Å². The highest BCUT2D eigenvalue weighted by atomic mass is 35.5. The molecule has 0 aliphatic carbocycles. The molecule has 0 amide bonds. The predicted octanol–water partition coefficient (Wildman–Crippen LogP) is -0.0277. The van der Waals surface area contributed by atoms with Gasteiger partial charge in [-0.25, -0.2) is 0 Å². The Hall–Kier alpha value is -0.400. The maximum atomic E-state index is 3.84. The minimum Gasteiger partial charge on any atom is -1.00 e. The van der Waals surface area contributed by atoms with E-state index in [1.807, 2.05) is 0 Å². The molecule has 1 atom stereocenters. The molecule has 0 nitrogen and oxygen atoms in total. The smallest absolute Gasteiger partial charge is 0.138 e. The van der Waals surface area contributed by atoms with E-state index >= 15 is 0 Å². The van der Waals surface area contributed by atoms with Crippen LogP contribution in [0.2, 0.25) is 0 Å². The summed E-state index contributed by atoms with van der Waals surface area (Å²) in [6, 6.07) is 10.6. The van der Waals surface area contributed by atoms with Crippen LogP contribution in [-0.2, 0) is 16.6 Å². The molecule has 0 fully saturated rings. The molecule has 0 spiro atoms. The van der Waals surface area contributed by atoms with Crippen LogP contribution in [-0.4, -0.2) is 5.75 Å². The monoisotopic (exact) mass is 214 g/mol. The quantitative estimate of drug-likeness (QED) is 0.618. The summed E-state index contributed by atoms with van der Waals surface area (Å²) in [6.45, 7) is 6.06. The highest BCUT2D eigenvalue weighted by Gasteiger charge is 2.10. The van der Waals surface area contributed by atoms with Crippen molar-refractivity contribution in [3.63, 3.8) is 0 Å². The first kappa shape index (κ1) is 12.6. The Morgan fingerprint density at radius 2 is 1.92 bits per heavy atom. The SMILES string of the molecule is C=C[S+](CC)Cc1ccccc1.[Cl-]. The normalized spacial score (nSPS) is 11.5. The van der Waals surface area contributed by atoms with Crippen molar-refractivity contribution in [2.75, 3.05) is 5.75 Å². The molecule has 72 valence electrons. The summed E-state index contributed by atoms with van der Waals surface area (Å²) >= 11 is 0. The molecule has 0 aromatic heterocycles. The van der Waals surface area contributed by atoms with Gasteiger partial charge in [0.1, 0.15) is 16.9 Å². The third-order valence-electron chi connectivity index (χ3n) is 1.80. The molecule has 13 heavy (non-hydrogen) atoms. The van der Waals surface area contributed by atoms with Crippen molar-refractivity contribution in [2.24, 2.45) is 0 Å². The average molecular weight is 215 g/mol. The molecular weight excluding hydrogens is 200 g/mol. The molecule has 0 aliphatic heterocycles. The van der Waals surface area contributed by atoms with Gasteiger partial charge in [-0.05, 0) is 6.92 Å². The van der Waals surface area contributed by atoms with Gasteiger partial charge in [0.05, 0.1) is 0 Å². The molecule has 2 heteroatoms. The second-order valence-electron chi connectivity index (χ2n) is 2.62. The zero-order chi connectivity index (χ0) is 8.81. The fraction of sp³-hybridized carbons (Fsp3) is 0.273. The average Bonchev–Trinajstić information content (AvgIpc) is 2.16. The van der Waals surface area contributed by atoms with Gasteiger partial charge in [0.15, 0.2) is 0 Å². The lowest BCUT2D eigenvalue weighted by Gasteiger charge is -1.99. The van der Waals surface area contributed by atoms with Crippen LogP contribution in [0.5, 0.6) is 0 Å². The van der Waals surface area contributed by atoms with E-state index in [0.29, 0.717) is 10.9 Å². The van der Waals surface area contributed by atoms with Gasteiger partial charge in [0, 0.05) is 16.5 Å². The first-order valence-electron chi connectivity index (χ1n) is 4.19. The van der Waals surface area contributed by atoms with Crippen molar-refractivity contribution in [1.82, 2.24) is 0 Å². The topological polar surface area (TPSA) is 0 Å². The highest BCUT2D eigenvalue weighted by molar-refractivity contribution is 7.98. The van der Waals surface area contributed by atoms with E-state index in [1.165, 1.54) is 11.3 Å². The first-order valence-corrected chi connectivity index (χ1v) is 5.82. The minimum absolute atomic E-state index is 0. The summed E-state index contributed by atoms with van der Waals surface area (Å²) in [5.74, 6) is 2.36. The second-order valence-corrected chi connectivity index (χ2v) is 4.90. The van der Waals surface area contributed by atoms with Crippen molar-refractivity contribution in [1.29, 1.82) is 0 Å². The predicted molar refractivity (Wildman–Crippen MR) is 58.2 cm³/mol. The van der Waals surface area contributed by atoms with Crippen LogP contribution in [0.4, 0.5) is 0 Å². The number of rotatable bonds is 4. The van der Waals surface area contributed by atoms with Gasteiger partial charge in [-0.15, -0.1) is 0 Å². The summed E-state index contributed by atoms with van der Waals surface area (Å²) in [4.78, 5) is 0. The maximum absolute atomic E-state index is 3.84. The third kappa shape index (κ3) is 4.39. The summed E-state index contributed by atoms with van der Waals surface area (Å²) in [6.07, 6.45) is 0. The zero-order valence-electron chi connectivity index (χ0n) is 7.87. The van der Waals surface area contributed by atoms with E-state index in [1.54, 1.807) is 0 Å². The minimum atomic E-state index is 0. The maximum Gasteiger partial charge on any atom is 0.138 e. The molecule has 0 N–H and O–H groups in total. The molecule has 1 aromatic rings. The lowest BCUT2D eigenvalue weighted by Crippen LogP contribution is -3.00. The van der Waals surface area contributed by atoms with Gasteiger partial charge in [-0.2, -0.15) is 0 Å². The number of halogens is 1. The summed E-state index contributed by atoms with van der Waals surface area (Å²) in [5.41, 5.74) is 1.42. The van der Waals surface area contributed by atoms with Crippen molar-refractivity contribution in [3.8, 4) is 0 Å². The van der Waals surface area contributed by atoms with E-state index in [4.69, 9.17) is 0 Å². The van der Waals surface area contributed by atoms with Crippen molar-refractivity contribution in [2.45, 2.75) is 12.7 Å². The molecular formula is C11H15ClS. The molecule has 1 aromatic carbocycles. The zero-order valence-corrected chi connectivity index (χ0v) is 9.44. The fourth-order valence-corrected chi connectivity index (χ4v) is 2.25. The molecule has 0 heterocycles. The summed E-state index contributed by atoms with van der Waals surface area (Å²) in [7, 11) is 0.375. The van der Waals surface area contributed by atoms with Crippen molar-refractivity contribution in [3.05, 3.63) is 47.9 Å². The van der Waals surface area contributed by atoms with Crippen LogP contribution in [0.25, 0.3) is 0 Å². The summed E-state index contributed by atoms with van der Waals surface area (Å²) in [5, 5.41) is 2.08. The standard InChI is InChI=1S/C11H15S.ClH/c1-3-12(4-2)10-11-8-6-5-7-9-11;/h3,5-9H,1,4,10H2,2H3;1H/q+1;/p-1. The molecule has 1 rings (SSSR count). The molecule has 1 unspecified atom stereocenters. The van der Waals surface area contributed by atoms with Gasteiger partial charge >= 0.3 is 0 Å². The Bertz CT molecular complexity index is 233. The Kier molecular flexibility index (Phi) is 6.83. The molecule has 0 saturated carbocycles. The van der Waals surface area contributed by atoms with E-state index in [-0.39, 0.29) is 12.4 Å². The van der Waals surface area contributed by atoms with Gasteiger partial charge in [-0.1, -0.05) is 36.9 Å². The van der Waals surface area contributed by atoms with Gasteiger partial charge in [-0.3, -0.25) is 0 Å². The van der Waals surface area contributed by atoms with Gasteiger partial charge in [0.2, 0.25) is 0 Å². The lowest BCUT2D eigenvalue weighted by molar-refractivity contribution is -0.00000253. The van der Waals surface area contributed by atoms with E-state index in [2.05, 4.69) is 49.2 Å². The number of hydrogen-bond donors (Lipinski definition) is 0. The molecule has 0 saturated heterocycles. The fourth-order valence-electron chi connectivity index (χ4n) is 1.07. The van der Waals surface area contributed by atoms with Gasteiger partial charge in [0.25, 0.3) is 0 Å².